The molecule has 0 saturated heterocycles. The van der Waals surface area contributed by atoms with Crippen molar-refractivity contribution in [1.29, 1.82) is 0 Å². The fraction of sp³-hybridized carbons (Fsp3) is 0.111. The lowest BCUT2D eigenvalue weighted by Crippen LogP contribution is -2.30. The molecule has 2 aromatic heterocycles. The van der Waals surface area contributed by atoms with Crippen LogP contribution in [0.15, 0.2) is 18.3 Å². The van der Waals surface area contributed by atoms with Crippen LogP contribution in [0.1, 0.15) is 16.2 Å². The van der Waals surface area contributed by atoms with E-state index in [1.165, 1.54) is 0 Å². The molecule has 0 radical (unpaired) electrons. The van der Waals surface area contributed by atoms with Gasteiger partial charge < -0.3 is 4.40 Å². The second-order valence-corrected chi connectivity index (χ2v) is 4.34. The van der Waals surface area contributed by atoms with Gasteiger partial charge in [-0.2, -0.15) is 0 Å². The predicted octanol–water partition coefficient (Wildman–Crippen LogP) is 0.851. The summed E-state index contributed by atoms with van der Waals surface area (Å²) in [6.07, 6.45) is 1.92. The van der Waals surface area contributed by atoms with Crippen LogP contribution in [0.5, 0.6) is 0 Å². The number of hydrogen-bond donors (Lipinski definition) is 2. The van der Waals surface area contributed by atoms with Crippen LogP contribution >= 0.6 is 22.6 Å². The Morgan fingerprint density at radius 3 is 3.00 bits per heavy atom. The van der Waals surface area contributed by atoms with E-state index in [9.17, 15) is 4.79 Å². The molecule has 2 heterocycles. The Labute approximate surface area is 99.8 Å². The van der Waals surface area contributed by atoms with Gasteiger partial charge in [0.2, 0.25) is 0 Å². The number of halogens is 1. The van der Waals surface area contributed by atoms with E-state index in [0.29, 0.717) is 5.69 Å². The van der Waals surface area contributed by atoms with Crippen molar-refractivity contribution >= 4 is 34.1 Å². The number of rotatable bonds is 1. The lowest BCUT2D eigenvalue weighted by Gasteiger charge is -1.97. The minimum Gasteiger partial charge on any atom is -0.302 e. The Morgan fingerprint density at radius 2 is 2.33 bits per heavy atom. The zero-order valence-corrected chi connectivity index (χ0v) is 10.1. The Bertz CT molecular complexity index is 534. The highest BCUT2D eigenvalue weighted by molar-refractivity contribution is 14.1. The molecular formula is C9H9IN4O. The Balaban J connectivity index is 2.69. The molecule has 0 saturated carbocycles. The summed E-state index contributed by atoms with van der Waals surface area (Å²) in [6.45, 7) is 1.83. The number of carbonyl (C=O) groups is 1. The van der Waals surface area contributed by atoms with Crippen molar-refractivity contribution in [3.05, 3.63) is 33.3 Å². The predicted molar refractivity (Wildman–Crippen MR) is 64.3 cm³/mol. The first-order chi connectivity index (χ1) is 7.13. The maximum atomic E-state index is 11.4. The number of pyridine rings is 1. The molecule has 78 valence electrons. The van der Waals surface area contributed by atoms with Crippen LogP contribution in [0.25, 0.3) is 5.65 Å². The maximum absolute atomic E-state index is 11.4. The van der Waals surface area contributed by atoms with Gasteiger partial charge in [0.15, 0.2) is 5.69 Å². The van der Waals surface area contributed by atoms with Crippen molar-refractivity contribution in [1.82, 2.24) is 14.8 Å². The summed E-state index contributed by atoms with van der Waals surface area (Å²) in [4.78, 5) is 15.6. The first kappa shape index (κ1) is 10.4. The van der Waals surface area contributed by atoms with Crippen LogP contribution in [-0.4, -0.2) is 15.3 Å². The molecular weight excluding hydrogens is 307 g/mol. The molecule has 6 heteroatoms. The fourth-order valence-electron chi connectivity index (χ4n) is 1.42. The Hall–Kier alpha value is -1.15. The number of carbonyl (C=O) groups excluding carboxylic acids is 1. The van der Waals surface area contributed by atoms with E-state index in [1.54, 1.807) is 0 Å². The van der Waals surface area contributed by atoms with Crippen LogP contribution in [0.3, 0.4) is 0 Å². The molecule has 2 rings (SSSR count). The SMILES string of the molecule is Cc1c(C(=O)NN)nc2ccc(I)cn12. The van der Waals surface area contributed by atoms with E-state index in [1.807, 2.05) is 29.7 Å². The molecule has 3 N–H and O–H groups in total. The minimum absolute atomic E-state index is 0.361. The smallest absolute Gasteiger partial charge is 0.285 e. The Kier molecular flexibility index (Phi) is 2.61. The molecule has 15 heavy (non-hydrogen) atoms. The van der Waals surface area contributed by atoms with Gasteiger partial charge in [0.25, 0.3) is 5.91 Å². The van der Waals surface area contributed by atoms with Gasteiger partial charge in [-0.3, -0.25) is 10.2 Å². The van der Waals surface area contributed by atoms with Gasteiger partial charge >= 0.3 is 0 Å². The van der Waals surface area contributed by atoms with Crippen molar-refractivity contribution < 1.29 is 4.79 Å². The third-order valence-corrected chi connectivity index (χ3v) is 2.81. The van der Waals surface area contributed by atoms with Gasteiger partial charge in [-0.25, -0.2) is 10.8 Å². The number of imidazole rings is 1. The fourth-order valence-corrected chi connectivity index (χ4v) is 1.88. The van der Waals surface area contributed by atoms with Gasteiger partial charge in [0.05, 0.1) is 5.69 Å². The second kappa shape index (κ2) is 3.78. The zero-order valence-electron chi connectivity index (χ0n) is 7.99. The van der Waals surface area contributed by atoms with Gasteiger partial charge in [-0.15, -0.1) is 0 Å². The summed E-state index contributed by atoms with van der Waals surface area (Å²) in [5.41, 5.74) is 3.97. The number of nitrogen functional groups attached to an aromatic ring is 1. The van der Waals surface area contributed by atoms with Crippen LogP contribution in [0, 0.1) is 10.5 Å². The Morgan fingerprint density at radius 1 is 1.60 bits per heavy atom. The number of nitrogens with one attached hydrogen (secondary N) is 1. The van der Waals surface area contributed by atoms with Crippen molar-refractivity contribution in [2.75, 3.05) is 0 Å². The van der Waals surface area contributed by atoms with Gasteiger partial charge in [-0.1, -0.05) is 0 Å². The highest BCUT2D eigenvalue weighted by Crippen LogP contribution is 2.14. The molecule has 0 unspecified atom stereocenters. The zero-order chi connectivity index (χ0) is 11.0. The first-order valence-electron chi connectivity index (χ1n) is 4.28. The standard InChI is InChI=1S/C9H9IN4O/c1-5-8(9(15)13-11)12-7-3-2-6(10)4-14(5)7/h2-4H,11H2,1H3,(H,13,15). The average molecular weight is 316 g/mol. The lowest BCUT2D eigenvalue weighted by molar-refractivity contribution is 0.0948. The van der Waals surface area contributed by atoms with Crippen LogP contribution in [0.2, 0.25) is 0 Å². The summed E-state index contributed by atoms with van der Waals surface area (Å²) < 4.78 is 2.95. The normalized spacial score (nSPS) is 10.6. The number of aryl methyl sites for hydroxylation is 1. The molecule has 0 spiro atoms. The maximum Gasteiger partial charge on any atom is 0.285 e. The molecule has 0 aliphatic rings. The molecule has 2 aromatic rings. The number of aromatic nitrogens is 2. The van der Waals surface area contributed by atoms with Crippen molar-refractivity contribution in [3.63, 3.8) is 0 Å². The topological polar surface area (TPSA) is 72.4 Å². The molecule has 0 fully saturated rings. The number of fused-ring (bicyclic) bond motifs is 1. The molecule has 0 atom stereocenters. The first-order valence-corrected chi connectivity index (χ1v) is 5.36. The largest absolute Gasteiger partial charge is 0.302 e. The van der Waals surface area contributed by atoms with E-state index < -0.39 is 0 Å². The number of nitrogens with two attached hydrogens (primary N) is 1. The summed E-state index contributed by atoms with van der Waals surface area (Å²) >= 11 is 2.21. The van der Waals surface area contributed by atoms with E-state index in [2.05, 4.69) is 33.0 Å². The monoisotopic (exact) mass is 316 g/mol. The summed E-state index contributed by atoms with van der Waals surface area (Å²) in [7, 11) is 0. The number of hydrogen-bond acceptors (Lipinski definition) is 3. The minimum atomic E-state index is -0.369. The van der Waals surface area contributed by atoms with Gasteiger partial charge in [-0.05, 0) is 41.6 Å². The van der Waals surface area contributed by atoms with Crippen molar-refractivity contribution in [2.24, 2.45) is 5.84 Å². The molecule has 0 aromatic carbocycles. The summed E-state index contributed by atoms with van der Waals surface area (Å²) in [5, 5.41) is 0. The van der Waals surface area contributed by atoms with Crippen LogP contribution < -0.4 is 11.3 Å². The third-order valence-electron chi connectivity index (χ3n) is 2.17. The van der Waals surface area contributed by atoms with E-state index >= 15 is 0 Å². The van der Waals surface area contributed by atoms with E-state index in [-0.39, 0.29) is 5.91 Å². The van der Waals surface area contributed by atoms with Gasteiger partial charge in [0.1, 0.15) is 5.65 Å². The van der Waals surface area contributed by atoms with Crippen LogP contribution in [0.4, 0.5) is 0 Å². The molecule has 0 bridgehead atoms. The third kappa shape index (κ3) is 1.70. The number of nitrogens with zero attached hydrogens (tertiary/aromatic N) is 2. The van der Waals surface area contributed by atoms with Crippen molar-refractivity contribution in [3.8, 4) is 0 Å². The average Bonchev–Trinajstić information content (AvgIpc) is 2.55. The summed E-state index contributed by atoms with van der Waals surface area (Å²) in [6, 6.07) is 3.80. The summed E-state index contributed by atoms with van der Waals surface area (Å²) in [5.74, 6) is 4.71. The molecule has 0 aliphatic heterocycles. The highest BCUT2D eigenvalue weighted by atomic mass is 127. The van der Waals surface area contributed by atoms with E-state index in [4.69, 9.17) is 5.84 Å². The molecule has 5 nitrogen and oxygen atoms in total. The number of amides is 1. The quantitative estimate of drug-likeness (QED) is 0.355. The van der Waals surface area contributed by atoms with Crippen LogP contribution in [-0.2, 0) is 0 Å². The second-order valence-electron chi connectivity index (χ2n) is 3.09. The highest BCUT2D eigenvalue weighted by Gasteiger charge is 2.14. The number of hydrazine groups is 1. The molecule has 0 aliphatic carbocycles. The van der Waals surface area contributed by atoms with Crippen molar-refractivity contribution in [2.45, 2.75) is 6.92 Å². The van der Waals surface area contributed by atoms with E-state index in [0.717, 1.165) is 14.9 Å². The lowest BCUT2D eigenvalue weighted by atomic mass is 10.3. The molecule has 1 amide bonds. The van der Waals surface area contributed by atoms with Gasteiger partial charge in [0, 0.05) is 9.77 Å².